The van der Waals surface area contributed by atoms with E-state index >= 15 is 0 Å². The summed E-state index contributed by atoms with van der Waals surface area (Å²) in [6.45, 7) is 8.08. The number of phenols is 1. The van der Waals surface area contributed by atoms with Crippen molar-refractivity contribution in [2.45, 2.75) is 27.7 Å². The summed E-state index contributed by atoms with van der Waals surface area (Å²) in [5.41, 5.74) is 6.14. The van der Waals surface area contributed by atoms with Crippen LogP contribution in [0.25, 0.3) is 0 Å². The van der Waals surface area contributed by atoms with Crippen LogP contribution in [-0.2, 0) is 0 Å². The van der Waals surface area contributed by atoms with Crippen LogP contribution < -0.4 is 0 Å². The highest BCUT2D eigenvalue weighted by atomic mass is 16.3. The Bertz CT molecular complexity index is 619. The summed E-state index contributed by atoms with van der Waals surface area (Å²) in [6, 6.07) is 9.91. The Labute approximate surface area is 114 Å². The molecule has 98 valence electrons. The van der Waals surface area contributed by atoms with E-state index in [1.807, 2.05) is 25.1 Å². The van der Waals surface area contributed by atoms with Gasteiger partial charge in [0.2, 0.25) is 0 Å². The molecule has 0 saturated heterocycles. The fourth-order valence-corrected chi connectivity index (χ4v) is 2.30. The standard InChI is InChI=1S/C17H19NO/c1-11-8-13(3)16(14(4)9-11)18-10-15-7-5-6-12(2)17(15)19/h5-10,19H,1-4H3. The lowest BCUT2D eigenvalue weighted by Gasteiger charge is -2.07. The van der Waals surface area contributed by atoms with Gasteiger partial charge in [0.1, 0.15) is 5.75 Å². The monoisotopic (exact) mass is 253 g/mol. The van der Waals surface area contributed by atoms with Crippen LogP contribution in [0.5, 0.6) is 5.75 Å². The molecule has 0 heterocycles. The third-order valence-corrected chi connectivity index (χ3v) is 3.24. The minimum Gasteiger partial charge on any atom is -0.507 e. The van der Waals surface area contributed by atoms with Crippen LogP contribution in [0.15, 0.2) is 35.3 Å². The number of aliphatic imine (C=N–C) groups is 1. The van der Waals surface area contributed by atoms with E-state index in [2.05, 4.69) is 37.9 Å². The second kappa shape index (κ2) is 5.27. The normalized spacial score (nSPS) is 11.2. The molecule has 2 rings (SSSR count). The van der Waals surface area contributed by atoms with Crippen molar-refractivity contribution in [3.05, 3.63) is 58.1 Å². The van der Waals surface area contributed by atoms with Crippen molar-refractivity contribution in [2.75, 3.05) is 0 Å². The molecule has 0 saturated carbocycles. The van der Waals surface area contributed by atoms with Gasteiger partial charge >= 0.3 is 0 Å². The quantitative estimate of drug-likeness (QED) is 0.792. The summed E-state index contributed by atoms with van der Waals surface area (Å²) in [5.74, 6) is 0.300. The van der Waals surface area contributed by atoms with Crippen LogP contribution in [0.4, 0.5) is 5.69 Å². The molecule has 19 heavy (non-hydrogen) atoms. The van der Waals surface area contributed by atoms with Gasteiger partial charge in [-0.1, -0.05) is 29.8 Å². The second-order valence-corrected chi connectivity index (χ2v) is 5.02. The van der Waals surface area contributed by atoms with Gasteiger partial charge in [0, 0.05) is 11.8 Å². The first kappa shape index (κ1) is 13.3. The molecule has 1 N–H and O–H groups in total. The summed E-state index contributed by atoms with van der Waals surface area (Å²) in [5, 5.41) is 9.97. The van der Waals surface area contributed by atoms with Crippen molar-refractivity contribution < 1.29 is 5.11 Å². The van der Waals surface area contributed by atoms with E-state index in [1.54, 1.807) is 6.21 Å². The maximum Gasteiger partial charge on any atom is 0.127 e. The molecule has 2 heteroatoms. The molecular weight excluding hydrogens is 234 g/mol. The van der Waals surface area contributed by atoms with Gasteiger partial charge in [-0.05, 0) is 50.5 Å². The zero-order chi connectivity index (χ0) is 14.0. The van der Waals surface area contributed by atoms with E-state index in [9.17, 15) is 5.11 Å². The number of nitrogens with zero attached hydrogens (tertiary/aromatic N) is 1. The predicted octanol–water partition coefficient (Wildman–Crippen LogP) is 4.38. The Kier molecular flexibility index (Phi) is 3.70. The molecule has 0 radical (unpaired) electrons. The van der Waals surface area contributed by atoms with Crippen molar-refractivity contribution in [1.82, 2.24) is 0 Å². The van der Waals surface area contributed by atoms with Gasteiger partial charge in [0.25, 0.3) is 0 Å². The number of rotatable bonds is 2. The van der Waals surface area contributed by atoms with Crippen LogP contribution in [0.3, 0.4) is 0 Å². The molecule has 0 aliphatic rings. The lowest BCUT2D eigenvalue weighted by molar-refractivity contribution is 0.470. The SMILES string of the molecule is Cc1cc(C)c(N=Cc2cccc(C)c2O)c(C)c1. The smallest absolute Gasteiger partial charge is 0.127 e. The third kappa shape index (κ3) is 2.84. The molecule has 0 bridgehead atoms. The largest absolute Gasteiger partial charge is 0.507 e. The van der Waals surface area contributed by atoms with Crippen molar-refractivity contribution in [3.8, 4) is 5.75 Å². The molecule has 0 aliphatic carbocycles. The Morgan fingerprint density at radius 3 is 2.21 bits per heavy atom. The van der Waals surface area contributed by atoms with Gasteiger partial charge in [-0.3, -0.25) is 4.99 Å². The summed E-state index contributed by atoms with van der Waals surface area (Å²) in [6.07, 6.45) is 1.73. The number of benzene rings is 2. The molecule has 0 fully saturated rings. The highest BCUT2D eigenvalue weighted by Gasteiger charge is 2.03. The first-order valence-corrected chi connectivity index (χ1v) is 6.39. The molecule has 0 aliphatic heterocycles. The van der Waals surface area contributed by atoms with Gasteiger partial charge < -0.3 is 5.11 Å². The van der Waals surface area contributed by atoms with Crippen molar-refractivity contribution >= 4 is 11.9 Å². The zero-order valence-electron chi connectivity index (χ0n) is 11.9. The summed E-state index contributed by atoms with van der Waals surface area (Å²) in [4.78, 5) is 4.53. The molecule has 0 spiro atoms. The number of para-hydroxylation sites is 1. The molecule has 0 unspecified atom stereocenters. The van der Waals surface area contributed by atoms with Gasteiger partial charge in [-0.25, -0.2) is 0 Å². The fraction of sp³-hybridized carbons (Fsp3) is 0.235. The Morgan fingerprint density at radius 1 is 0.947 bits per heavy atom. The molecule has 2 aromatic carbocycles. The van der Waals surface area contributed by atoms with Gasteiger partial charge in [-0.2, -0.15) is 0 Å². The summed E-state index contributed by atoms with van der Waals surface area (Å²) >= 11 is 0. The van der Waals surface area contributed by atoms with Gasteiger partial charge in [-0.15, -0.1) is 0 Å². The maximum atomic E-state index is 9.97. The van der Waals surface area contributed by atoms with Crippen LogP contribution >= 0.6 is 0 Å². The lowest BCUT2D eigenvalue weighted by atomic mass is 10.1. The average molecular weight is 253 g/mol. The number of aromatic hydroxyl groups is 1. The number of phenolic OH excluding ortho intramolecular Hbond substituents is 1. The summed E-state index contributed by atoms with van der Waals surface area (Å²) in [7, 11) is 0. The number of hydrogen-bond acceptors (Lipinski definition) is 2. The average Bonchev–Trinajstić information content (AvgIpc) is 2.33. The molecule has 2 aromatic rings. The topological polar surface area (TPSA) is 32.6 Å². The van der Waals surface area contributed by atoms with E-state index in [4.69, 9.17) is 0 Å². The lowest BCUT2D eigenvalue weighted by Crippen LogP contribution is -1.87. The Hall–Kier alpha value is -2.09. The van der Waals surface area contributed by atoms with E-state index in [-0.39, 0.29) is 0 Å². The van der Waals surface area contributed by atoms with Gasteiger partial charge in [0.15, 0.2) is 0 Å². The molecule has 0 amide bonds. The minimum absolute atomic E-state index is 0.300. The molecule has 0 aromatic heterocycles. The van der Waals surface area contributed by atoms with E-state index in [0.717, 1.165) is 27.9 Å². The van der Waals surface area contributed by atoms with E-state index in [0.29, 0.717) is 5.75 Å². The summed E-state index contributed by atoms with van der Waals surface area (Å²) < 4.78 is 0. The first-order chi connectivity index (χ1) is 8.99. The van der Waals surface area contributed by atoms with Crippen LogP contribution in [-0.4, -0.2) is 11.3 Å². The number of aryl methyl sites for hydroxylation is 4. The molecular formula is C17H19NO. The third-order valence-electron chi connectivity index (χ3n) is 3.24. The van der Waals surface area contributed by atoms with Crippen LogP contribution in [0.1, 0.15) is 27.8 Å². The Balaban J connectivity index is 2.41. The van der Waals surface area contributed by atoms with Crippen molar-refractivity contribution in [2.24, 2.45) is 4.99 Å². The van der Waals surface area contributed by atoms with Crippen molar-refractivity contribution in [3.63, 3.8) is 0 Å². The van der Waals surface area contributed by atoms with Crippen molar-refractivity contribution in [1.29, 1.82) is 0 Å². The second-order valence-electron chi connectivity index (χ2n) is 5.02. The molecule has 2 nitrogen and oxygen atoms in total. The zero-order valence-corrected chi connectivity index (χ0v) is 11.9. The highest BCUT2D eigenvalue weighted by molar-refractivity contribution is 5.86. The Morgan fingerprint density at radius 2 is 1.58 bits per heavy atom. The van der Waals surface area contributed by atoms with Crippen LogP contribution in [0.2, 0.25) is 0 Å². The van der Waals surface area contributed by atoms with E-state index in [1.165, 1.54) is 5.56 Å². The fourth-order valence-electron chi connectivity index (χ4n) is 2.30. The first-order valence-electron chi connectivity index (χ1n) is 6.39. The van der Waals surface area contributed by atoms with Crippen LogP contribution in [0, 0.1) is 27.7 Å². The van der Waals surface area contributed by atoms with Gasteiger partial charge in [0.05, 0.1) is 5.69 Å². The maximum absolute atomic E-state index is 9.97. The molecule has 0 atom stereocenters. The predicted molar refractivity (Wildman–Crippen MR) is 80.8 cm³/mol. The van der Waals surface area contributed by atoms with E-state index < -0.39 is 0 Å². The highest BCUT2D eigenvalue weighted by Crippen LogP contribution is 2.26. The minimum atomic E-state index is 0.300. The number of hydrogen-bond donors (Lipinski definition) is 1.